The number of aromatic nitrogens is 2. The van der Waals surface area contributed by atoms with Crippen LogP contribution in [0.5, 0.6) is 16.0 Å². The van der Waals surface area contributed by atoms with Crippen molar-refractivity contribution < 1.29 is 9.47 Å². The Kier molecular flexibility index (Phi) is 4.98. The number of hydrogen-bond donors (Lipinski definition) is 1. The average Bonchev–Trinajstić information content (AvgIpc) is 3.13. The summed E-state index contributed by atoms with van der Waals surface area (Å²) in [5.41, 5.74) is 2.70. The van der Waals surface area contributed by atoms with Crippen molar-refractivity contribution in [2.45, 2.75) is 0 Å². The molecule has 0 aliphatic heterocycles. The van der Waals surface area contributed by atoms with Crippen LogP contribution in [0.15, 0.2) is 79.0 Å². The highest BCUT2D eigenvalue weighted by atomic mass is 32.1. The van der Waals surface area contributed by atoms with Crippen LogP contribution in [0.3, 0.4) is 0 Å². The average molecular weight is 375 g/mol. The minimum Gasteiger partial charge on any atom is -0.473 e. The molecule has 0 unspecified atom stereocenters. The van der Waals surface area contributed by atoms with Gasteiger partial charge in [-0.3, -0.25) is 0 Å². The SMILES string of the molecule is COc1nc(-c2ccccc2)c(Oc2ccnc(Nc3ccccc3)c2)s1. The van der Waals surface area contributed by atoms with Gasteiger partial charge in [0.25, 0.3) is 5.19 Å². The topological polar surface area (TPSA) is 56.3 Å². The van der Waals surface area contributed by atoms with E-state index in [1.54, 1.807) is 13.3 Å². The molecule has 0 aliphatic rings. The molecule has 0 aliphatic carbocycles. The number of nitrogens with one attached hydrogen (secondary N) is 1. The van der Waals surface area contributed by atoms with E-state index < -0.39 is 0 Å². The predicted molar refractivity (Wildman–Crippen MR) is 108 cm³/mol. The van der Waals surface area contributed by atoms with Crippen molar-refractivity contribution in [3.63, 3.8) is 0 Å². The van der Waals surface area contributed by atoms with E-state index in [4.69, 9.17) is 9.47 Å². The van der Waals surface area contributed by atoms with Crippen molar-refractivity contribution in [3.8, 4) is 27.3 Å². The lowest BCUT2D eigenvalue weighted by atomic mass is 10.2. The third-order valence-corrected chi connectivity index (χ3v) is 4.68. The van der Waals surface area contributed by atoms with E-state index in [9.17, 15) is 0 Å². The summed E-state index contributed by atoms with van der Waals surface area (Å²) in [7, 11) is 1.60. The highest BCUT2D eigenvalue weighted by molar-refractivity contribution is 7.15. The van der Waals surface area contributed by atoms with E-state index in [0.29, 0.717) is 21.8 Å². The molecule has 4 aromatic rings. The Morgan fingerprint density at radius 3 is 2.41 bits per heavy atom. The highest BCUT2D eigenvalue weighted by Crippen LogP contribution is 2.41. The van der Waals surface area contributed by atoms with E-state index in [1.807, 2.05) is 72.8 Å². The van der Waals surface area contributed by atoms with Crippen LogP contribution in [0, 0.1) is 0 Å². The van der Waals surface area contributed by atoms with Gasteiger partial charge in [0.1, 0.15) is 17.3 Å². The Bertz CT molecular complexity index is 1020. The summed E-state index contributed by atoms with van der Waals surface area (Å²) < 4.78 is 11.4. The van der Waals surface area contributed by atoms with Crippen molar-refractivity contribution >= 4 is 22.8 Å². The predicted octanol–water partition coefficient (Wildman–Crippen LogP) is 5.75. The fourth-order valence-electron chi connectivity index (χ4n) is 2.54. The first-order chi connectivity index (χ1) is 13.3. The normalized spacial score (nSPS) is 10.4. The van der Waals surface area contributed by atoms with Gasteiger partial charge in [0.15, 0.2) is 0 Å². The monoisotopic (exact) mass is 375 g/mol. The van der Waals surface area contributed by atoms with Crippen LogP contribution in [0.4, 0.5) is 11.5 Å². The van der Waals surface area contributed by atoms with E-state index in [0.717, 1.165) is 16.9 Å². The lowest BCUT2D eigenvalue weighted by Gasteiger charge is -2.08. The first-order valence-corrected chi connectivity index (χ1v) is 9.20. The standard InChI is InChI=1S/C21H17N3O2S/c1-25-21-24-19(15-8-4-2-5-9-15)20(27-21)26-17-12-13-22-18(14-17)23-16-10-6-3-7-11-16/h2-14H,1H3,(H,22,23). The Hall–Kier alpha value is -3.38. The number of rotatable bonds is 6. The number of anilines is 2. The van der Waals surface area contributed by atoms with Gasteiger partial charge in [-0.25, -0.2) is 4.98 Å². The highest BCUT2D eigenvalue weighted by Gasteiger charge is 2.16. The van der Waals surface area contributed by atoms with Crippen LogP contribution < -0.4 is 14.8 Å². The van der Waals surface area contributed by atoms with E-state index in [1.165, 1.54) is 11.3 Å². The lowest BCUT2D eigenvalue weighted by Crippen LogP contribution is -1.93. The Morgan fingerprint density at radius 2 is 1.67 bits per heavy atom. The van der Waals surface area contributed by atoms with Crippen LogP contribution >= 0.6 is 11.3 Å². The van der Waals surface area contributed by atoms with Crippen molar-refractivity contribution in [1.82, 2.24) is 9.97 Å². The second kappa shape index (κ2) is 7.88. The van der Waals surface area contributed by atoms with Crippen molar-refractivity contribution in [2.24, 2.45) is 0 Å². The van der Waals surface area contributed by atoms with E-state index in [-0.39, 0.29) is 0 Å². The van der Waals surface area contributed by atoms with Crippen molar-refractivity contribution in [1.29, 1.82) is 0 Å². The number of hydrogen-bond acceptors (Lipinski definition) is 6. The summed E-state index contributed by atoms with van der Waals surface area (Å²) in [6.07, 6.45) is 1.71. The van der Waals surface area contributed by atoms with Gasteiger partial charge in [-0.1, -0.05) is 48.5 Å². The van der Waals surface area contributed by atoms with Crippen LogP contribution in [-0.4, -0.2) is 17.1 Å². The molecular formula is C21H17N3O2S. The van der Waals surface area contributed by atoms with Gasteiger partial charge in [-0.15, -0.1) is 0 Å². The minimum absolute atomic E-state index is 0.556. The number of para-hydroxylation sites is 1. The molecule has 27 heavy (non-hydrogen) atoms. The molecule has 5 nitrogen and oxygen atoms in total. The fraction of sp³-hybridized carbons (Fsp3) is 0.0476. The number of nitrogens with zero attached hydrogens (tertiary/aromatic N) is 2. The molecule has 2 heterocycles. The van der Waals surface area contributed by atoms with Gasteiger partial charge in [-0.05, 0) is 29.5 Å². The van der Waals surface area contributed by atoms with Gasteiger partial charge >= 0.3 is 0 Å². The first-order valence-electron chi connectivity index (χ1n) is 8.38. The molecule has 0 radical (unpaired) electrons. The summed E-state index contributed by atoms with van der Waals surface area (Å²) in [5.74, 6) is 1.38. The van der Waals surface area contributed by atoms with Gasteiger partial charge in [0, 0.05) is 23.5 Å². The molecule has 0 saturated carbocycles. The smallest absolute Gasteiger partial charge is 0.277 e. The van der Waals surface area contributed by atoms with Crippen molar-refractivity contribution in [2.75, 3.05) is 12.4 Å². The largest absolute Gasteiger partial charge is 0.473 e. The second-order valence-electron chi connectivity index (χ2n) is 5.66. The Labute approximate surface area is 161 Å². The second-order valence-corrected chi connectivity index (χ2v) is 6.58. The maximum Gasteiger partial charge on any atom is 0.277 e. The minimum atomic E-state index is 0.556. The molecule has 134 valence electrons. The van der Waals surface area contributed by atoms with Crippen LogP contribution in [0.2, 0.25) is 0 Å². The Morgan fingerprint density at radius 1 is 0.926 bits per heavy atom. The number of methoxy groups -OCH3 is 1. The number of thiazole rings is 1. The first kappa shape index (κ1) is 17.1. The third kappa shape index (κ3) is 4.07. The van der Waals surface area contributed by atoms with Crippen molar-refractivity contribution in [3.05, 3.63) is 79.0 Å². The zero-order valence-corrected chi connectivity index (χ0v) is 15.4. The zero-order valence-electron chi connectivity index (χ0n) is 14.6. The summed E-state index contributed by atoms with van der Waals surface area (Å²) in [4.78, 5) is 8.88. The summed E-state index contributed by atoms with van der Waals surface area (Å²) in [6, 6.07) is 23.5. The third-order valence-electron chi connectivity index (χ3n) is 3.79. The van der Waals surface area contributed by atoms with Gasteiger partial charge in [0.2, 0.25) is 5.06 Å². The van der Waals surface area contributed by atoms with Crippen LogP contribution in [0.25, 0.3) is 11.3 Å². The number of pyridine rings is 1. The molecule has 0 spiro atoms. The number of ether oxygens (including phenoxy) is 2. The molecule has 6 heteroatoms. The Balaban J connectivity index is 1.61. The molecule has 2 aromatic carbocycles. The van der Waals surface area contributed by atoms with Crippen LogP contribution in [0.1, 0.15) is 0 Å². The quantitative estimate of drug-likeness (QED) is 0.465. The molecule has 4 rings (SSSR count). The number of benzene rings is 2. The maximum absolute atomic E-state index is 6.12. The summed E-state index contributed by atoms with van der Waals surface area (Å²) in [6.45, 7) is 0. The molecule has 2 aromatic heterocycles. The zero-order chi connectivity index (χ0) is 18.5. The molecule has 1 N–H and O–H groups in total. The summed E-state index contributed by atoms with van der Waals surface area (Å²) in [5, 5.41) is 4.50. The van der Waals surface area contributed by atoms with Crippen LogP contribution in [-0.2, 0) is 0 Å². The molecule has 0 atom stereocenters. The lowest BCUT2D eigenvalue weighted by molar-refractivity contribution is 0.412. The molecule has 0 fully saturated rings. The molecule has 0 amide bonds. The molecule has 0 saturated heterocycles. The van der Waals surface area contributed by atoms with Gasteiger partial charge < -0.3 is 14.8 Å². The maximum atomic E-state index is 6.12. The summed E-state index contributed by atoms with van der Waals surface area (Å²) >= 11 is 1.36. The van der Waals surface area contributed by atoms with Gasteiger partial charge in [-0.2, -0.15) is 4.98 Å². The van der Waals surface area contributed by atoms with E-state index in [2.05, 4.69) is 15.3 Å². The molecule has 0 bridgehead atoms. The molecular weight excluding hydrogens is 358 g/mol. The van der Waals surface area contributed by atoms with Gasteiger partial charge in [0.05, 0.1) is 7.11 Å². The van der Waals surface area contributed by atoms with E-state index >= 15 is 0 Å². The fourth-order valence-corrected chi connectivity index (χ4v) is 3.32.